The van der Waals surface area contributed by atoms with Crippen molar-refractivity contribution < 1.29 is 4.79 Å². The van der Waals surface area contributed by atoms with Crippen LogP contribution in [0, 0.1) is 0 Å². The maximum absolute atomic E-state index is 12.1. The van der Waals surface area contributed by atoms with Crippen molar-refractivity contribution in [2.24, 2.45) is 0 Å². The molecule has 0 amide bonds. The Hall–Kier alpha value is -0.670. The maximum atomic E-state index is 12.1. The minimum atomic E-state index is 0.190. The summed E-state index contributed by atoms with van der Waals surface area (Å²) in [6, 6.07) is 7.62. The third kappa shape index (κ3) is 4.60. The highest BCUT2D eigenvalue weighted by Gasteiger charge is 2.12. The fourth-order valence-electron chi connectivity index (χ4n) is 1.71. The normalized spacial score (nSPS) is 10.8. The quantitative estimate of drug-likeness (QED) is 0.714. The number of hydrogen-bond donors (Lipinski definition) is 0. The lowest BCUT2D eigenvalue weighted by Crippen LogP contribution is -2.30. The highest BCUT2D eigenvalue weighted by atomic mass is 79.9. The minimum absolute atomic E-state index is 0.190. The first kappa shape index (κ1) is 14.4. The number of carbonyl (C=O) groups is 1. The molecule has 0 N–H and O–H groups in total. The maximum Gasteiger partial charge on any atom is 0.177 e. The number of likely N-dealkylation sites (N-methyl/N-ethyl adjacent to an activating group) is 1. The molecule has 1 aromatic carbocycles. The zero-order chi connectivity index (χ0) is 12.7. The highest BCUT2D eigenvalue weighted by molar-refractivity contribution is 9.10. The molecule has 1 rings (SSSR count). The third-order valence-corrected chi connectivity index (χ3v) is 3.51. The number of rotatable bonds is 7. The average Bonchev–Trinajstić information content (AvgIpc) is 2.34. The molecule has 0 aliphatic rings. The lowest BCUT2D eigenvalue weighted by atomic mass is 10.1. The second-order valence-electron chi connectivity index (χ2n) is 4.13. The third-order valence-electron chi connectivity index (χ3n) is 2.82. The molecule has 0 aliphatic carbocycles. The fraction of sp³-hybridized carbons (Fsp3) is 0.500. The van der Waals surface area contributed by atoms with Gasteiger partial charge in [0.1, 0.15) is 0 Å². The van der Waals surface area contributed by atoms with Crippen molar-refractivity contribution >= 4 is 21.7 Å². The van der Waals surface area contributed by atoms with E-state index in [4.69, 9.17) is 0 Å². The number of benzene rings is 1. The zero-order valence-electron chi connectivity index (χ0n) is 10.6. The molecule has 0 unspecified atom stereocenters. The summed E-state index contributed by atoms with van der Waals surface area (Å²) >= 11 is 3.42. The van der Waals surface area contributed by atoms with Crippen molar-refractivity contribution in [1.29, 1.82) is 0 Å². The Kier molecular flexibility index (Phi) is 6.45. The Morgan fingerprint density at radius 3 is 2.59 bits per heavy atom. The molecule has 0 saturated carbocycles. The van der Waals surface area contributed by atoms with E-state index in [1.54, 1.807) is 0 Å². The highest BCUT2D eigenvalue weighted by Crippen LogP contribution is 2.16. The van der Waals surface area contributed by atoms with Crippen molar-refractivity contribution in [3.05, 3.63) is 34.3 Å². The van der Waals surface area contributed by atoms with Crippen molar-refractivity contribution in [2.75, 3.05) is 19.6 Å². The van der Waals surface area contributed by atoms with Crippen LogP contribution in [0.5, 0.6) is 0 Å². The predicted octanol–water partition coefficient (Wildman–Crippen LogP) is 3.75. The second kappa shape index (κ2) is 7.62. The van der Waals surface area contributed by atoms with Gasteiger partial charge in [-0.3, -0.25) is 9.69 Å². The molecule has 0 atom stereocenters. The number of hydrogen-bond acceptors (Lipinski definition) is 2. The lowest BCUT2D eigenvalue weighted by Gasteiger charge is -2.19. The molecular formula is C14H20BrNO. The van der Waals surface area contributed by atoms with Gasteiger partial charge in [0.25, 0.3) is 0 Å². The van der Waals surface area contributed by atoms with Crippen LogP contribution in [0.1, 0.15) is 37.0 Å². The summed E-state index contributed by atoms with van der Waals surface area (Å²) < 4.78 is 0.886. The minimum Gasteiger partial charge on any atom is -0.296 e. The van der Waals surface area contributed by atoms with E-state index in [1.807, 2.05) is 24.3 Å². The van der Waals surface area contributed by atoms with Gasteiger partial charge in [-0.15, -0.1) is 0 Å². The predicted molar refractivity (Wildman–Crippen MR) is 75.5 cm³/mol. The Bertz CT molecular complexity index is 365. The van der Waals surface area contributed by atoms with Crippen molar-refractivity contribution in [1.82, 2.24) is 4.90 Å². The molecule has 94 valence electrons. The van der Waals surface area contributed by atoms with Gasteiger partial charge in [-0.05, 0) is 25.6 Å². The van der Waals surface area contributed by atoms with E-state index in [1.165, 1.54) is 6.42 Å². The van der Waals surface area contributed by atoms with Gasteiger partial charge in [0.2, 0.25) is 0 Å². The van der Waals surface area contributed by atoms with Crippen molar-refractivity contribution in [3.8, 4) is 0 Å². The van der Waals surface area contributed by atoms with Crippen LogP contribution in [-0.2, 0) is 0 Å². The summed E-state index contributed by atoms with van der Waals surface area (Å²) in [5.41, 5.74) is 0.780. The molecule has 0 heterocycles. The fourth-order valence-corrected chi connectivity index (χ4v) is 2.21. The number of nitrogens with zero attached hydrogens (tertiary/aromatic N) is 1. The van der Waals surface area contributed by atoms with Gasteiger partial charge in [0.15, 0.2) is 5.78 Å². The summed E-state index contributed by atoms with van der Waals surface area (Å²) in [5, 5.41) is 0. The molecule has 0 spiro atoms. The topological polar surface area (TPSA) is 20.3 Å². The summed E-state index contributed by atoms with van der Waals surface area (Å²) in [5.74, 6) is 0.190. The Morgan fingerprint density at radius 2 is 2.00 bits per heavy atom. The van der Waals surface area contributed by atoms with Crippen LogP contribution in [0.2, 0.25) is 0 Å². The number of Topliss-reactive ketones (excluding diaryl/α,β-unsaturated/α-hetero) is 1. The van der Waals surface area contributed by atoms with Crippen molar-refractivity contribution in [2.45, 2.75) is 26.7 Å². The molecule has 0 fully saturated rings. The monoisotopic (exact) mass is 297 g/mol. The van der Waals surface area contributed by atoms with Gasteiger partial charge in [-0.1, -0.05) is 54.4 Å². The van der Waals surface area contributed by atoms with E-state index in [0.29, 0.717) is 6.54 Å². The van der Waals surface area contributed by atoms with Crippen LogP contribution in [0.3, 0.4) is 0 Å². The summed E-state index contributed by atoms with van der Waals surface area (Å²) in [4.78, 5) is 14.3. The summed E-state index contributed by atoms with van der Waals surface area (Å²) in [6.45, 7) is 6.71. The molecule has 0 aliphatic heterocycles. The van der Waals surface area contributed by atoms with Gasteiger partial charge >= 0.3 is 0 Å². The first-order valence-electron chi connectivity index (χ1n) is 6.19. The smallest absolute Gasteiger partial charge is 0.177 e. The largest absolute Gasteiger partial charge is 0.296 e. The van der Waals surface area contributed by atoms with E-state index < -0.39 is 0 Å². The van der Waals surface area contributed by atoms with E-state index in [-0.39, 0.29) is 5.78 Å². The molecule has 3 heteroatoms. The number of carbonyl (C=O) groups excluding carboxylic acids is 1. The van der Waals surface area contributed by atoms with E-state index in [0.717, 1.165) is 29.5 Å². The number of ketones is 1. The van der Waals surface area contributed by atoms with Gasteiger partial charge in [-0.25, -0.2) is 0 Å². The molecule has 0 saturated heterocycles. The molecule has 0 radical (unpaired) electrons. The number of halogens is 1. The van der Waals surface area contributed by atoms with Crippen molar-refractivity contribution in [3.63, 3.8) is 0 Å². The first-order chi connectivity index (χ1) is 8.19. The van der Waals surface area contributed by atoms with E-state index in [9.17, 15) is 4.79 Å². The number of unbranched alkanes of at least 4 members (excludes halogenated alkanes) is 1. The van der Waals surface area contributed by atoms with Gasteiger partial charge in [-0.2, -0.15) is 0 Å². The molecule has 0 bridgehead atoms. The van der Waals surface area contributed by atoms with Crippen LogP contribution in [-0.4, -0.2) is 30.3 Å². The van der Waals surface area contributed by atoms with E-state index >= 15 is 0 Å². The standard InChI is InChI=1S/C14H20BrNO/c1-3-5-10-16(4-2)11-14(17)12-8-6-7-9-13(12)15/h6-9H,3-5,10-11H2,1-2H3. The molecule has 0 aromatic heterocycles. The lowest BCUT2D eigenvalue weighted by molar-refractivity contribution is 0.0932. The van der Waals surface area contributed by atoms with Crippen LogP contribution in [0.25, 0.3) is 0 Å². The SMILES string of the molecule is CCCCN(CC)CC(=O)c1ccccc1Br. The molecule has 17 heavy (non-hydrogen) atoms. The molecule has 1 aromatic rings. The zero-order valence-corrected chi connectivity index (χ0v) is 12.2. The Morgan fingerprint density at radius 1 is 1.29 bits per heavy atom. The summed E-state index contributed by atoms with van der Waals surface area (Å²) in [6.07, 6.45) is 2.32. The van der Waals surface area contributed by atoms with Gasteiger partial charge < -0.3 is 0 Å². The van der Waals surface area contributed by atoms with Crippen LogP contribution in [0.4, 0.5) is 0 Å². The summed E-state index contributed by atoms with van der Waals surface area (Å²) in [7, 11) is 0. The van der Waals surface area contributed by atoms with Crippen LogP contribution >= 0.6 is 15.9 Å². The van der Waals surface area contributed by atoms with E-state index in [2.05, 4.69) is 34.7 Å². The second-order valence-corrected chi connectivity index (χ2v) is 4.98. The van der Waals surface area contributed by atoms with Crippen LogP contribution in [0.15, 0.2) is 28.7 Å². The average molecular weight is 298 g/mol. The Labute approximate surface area is 112 Å². The molecular weight excluding hydrogens is 278 g/mol. The van der Waals surface area contributed by atoms with Gasteiger partial charge in [0.05, 0.1) is 6.54 Å². The first-order valence-corrected chi connectivity index (χ1v) is 6.98. The van der Waals surface area contributed by atoms with Gasteiger partial charge in [0, 0.05) is 10.0 Å². The molecule has 2 nitrogen and oxygen atoms in total. The van der Waals surface area contributed by atoms with Crippen LogP contribution < -0.4 is 0 Å². The Balaban J connectivity index is 2.61.